The van der Waals surface area contributed by atoms with Crippen molar-refractivity contribution >= 4 is 16.8 Å². The van der Waals surface area contributed by atoms with Crippen molar-refractivity contribution in [2.45, 2.75) is 37.5 Å². The first-order chi connectivity index (χ1) is 12.7. The molecule has 4 heteroatoms. The fraction of sp³-hybridized carbons (Fsp3) is 0.318. The Hall–Kier alpha value is -2.62. The Morgan fingerprint density at radius 2 is 1.92 bits per heavy atom. The first-order valence-electron chi connectivity index (χ1n) is 9.28. The number of benzene rings is 2. The van der Waals surface area contributed by atoms with Crippen LogP contribution in [0.1, 0.15) is 36.8 Å². The van der Waals surface area contributed by atoms with Crippen LogP contribution in [0.15, 0.2) is 54.7 Å². The highest BCUT2D eigenvalue weighted by molar-refractivity contribution is 5.88. The average molecular weight is 350 g/mol. The van der Waals surface area contributed by atoms with Gasteiger partial charge in [-0.05, 0) is 48.6 Å². The highest BCUT2D eigenvalue weighted by Crippen LogP contribution is 2.41. The summed E-state index contributed by atoms with van der Waals surface area (Å²) in [5, 5.41) is 4.31. The summed E-state index contributed by atoms with van der Waals surface area (Å²) in [5.41, 5.74) is 2.54. The van der Waals surface area contributed by atoms with E-state index < -0.39 is 5.41 Å². The summed E-state index contributed by atoms with van der Waals surface area (Å²) in [4.78, 5) is 16.3. The van der Waals surface area contributed by atoms with Gasteiger partial charge in [-0.15, -0.1) is 0 Å². The lowest BCUT2D eigenvalue weighted by atomic mass is 9.78. The number of carbonyl (C=O) groups is 1. The predicted molar refractivity (Wildman–Crippen MR) is 102 cm³/mol. The van der Waals surface area contributed by atoms with Gasteiger partial charge in [-0.1, -0.05) is 43.2 Å². The first kappa shape index (κ1) is 16.8. The second-order valence-corrected chi connectivity index (χ2v) is 7.16. The van der Waals surface area contributed by atoms with Gasteiger partial charge in [-0.25, -0.2) is 4.39 Å². The molecule has 0 atom stereocenters. The van der Waals surface area contributed by atoms with Crippen LogP contribution in [0, 0.1) is 5.82 Å². The minimum absolute atomic E-state index is 0.0282. The summed E-state index contributed by atoms with van der Waals surface area (Å²) in [6.45, 7) is 0.581. The van der Waals surface area contributed by atoms with Gasteiger partial charge in [0.1, 0.15) is 5.82 Å². The molecule has 0 radical (unpaired) electrons. The Morgan fingerprint density at radius 3 is 2.73 bits per heavy atom. The predicted octanol–water partition coefficient (Wildman–Crippen LogP) is 4.48. The summed E-state index contributed by atoms with van der Waals surface area (Å²) < 4.78 is 13.7. The molecule has 1 heterocycles. The molecule has 2 aromatic carbocycles. The van der Waals surface area contributed by atoms with E-state index in [4.69, 9.17) is 0 Å². The molecule has 0 unspecified atom stereocenters. The Labute approximate surface area is 152 Å². The lowest BCUT2D eigenvalue weighted by molar-refractivity contribution is -0.126. The smallest absolute Gasteiger partial charge is 0.230 e. The van der Waals surface area contributed by atoms with Crippen molar-refractivity contribution in [1.82, 2.24) is 10.3 Å². The van der Waals surface area contributed by atoms with Crippen molar-refractivity contribution in [3.8, 4) is 0 Å². The van der Waals surface area contributed by atoms with Crippen LogP contribution in [0.2, 0.25) is 0 Å². The third-order valence-corrected chi connectivity index (χ3v) is 5.62. The van der Waals surface area contributed by atoms with E-state index in [-0.39, 0.29) is 11.7 Å². The zero-order valence-electron chi connectivity index (χ0n) is 14.7. The number of H-pyrrole nitrogens is 1. The van der Waals surface area contributed by atoms with Crippen LogP contribution in [0.4, 0.5) is 4.39 Å². The van der Waals surface area contributed by atoms with Crippen molar-refractivity contribution < 1.29 is 9.18 Å². The summed E-state index contributed by atoms with van der Waals surface area (Å²) in [7, 11) is 0. The molecule has 0 saturated heterocycles. The van der Waals surface area contributed by atoms with Crippen LogP contribution in [0.5, 0.6) is 0 Å². The number of halogens is 1. The van der Waals surface area contributed by atoms with Gasteiger partial charge >= 0.3 is 0 Å². The summed E-state index contributed by atoms with van der Waals surface area (Å²) in [6, 6.07) is 14.7. The molecule has 1 fully saturated rings. The molecule has 134 valence electrons. The van der Waals surface area contributed by atoms with Crippen molar-refractivity contribution in [3.63, 3.8) is 0 Å². The second-order valence-electron chi connectivity index (χ2n) is 7.16. The molecule has 1 aromatic heterocycles. The van der Waals surface area contributed by atoms with Gasteiger partial charge in [-0.3, -0.25) is 4.79 Å². The number of amides is 1. The molecule has 1 amide bonds. The van der Waals surface area contributed by atoms with E-state index in [0.717, 1.165) is 43.2 Å². The normalized spacial score (nSPS) is 16.0. The number of fused-ring (bicyclic) bond motifs is 1. The zero-order chi connectivity index (χ0) is 18.0. The Bertz CT molecular complexity index is 925. The number of hydrogen-bond donors (Lipinski definition) is 2. The second kappa shape index (κ2) is 6.94. The van der Waals surface area contributed by atoms with Crippen LogP contribution < -0.4 is 5.32 Å². The van der Waals surface area contributed by atoms with E-state index in [1.54, 1.807) is 6.07 Å². The molecule has 4 rings (SSSR count). The largest absolute Gasteiger partial charge is 0.361 e. The monoisotopic (exact) mass is 350 g/mol. The molecule has 3 nitrogen and oxygen atoms in total. The lowest BCUT2D eigenvalue weighted by Gasteiger charge is -2.28. The molecule has 1 saturated carbocycles. The van der Waals surface area contributed by atoms with E-state index in [1.165, 1.54) is 23.1 Å². The highest BCUT2D eigenvalue weighted by atomic mass is 19.1. The maximum Gasteiger partial charge on any atom is 0.230 e. The van der Waals surface area contributed by atoms with Gasteiger partial charge in [0.25, 0.3) is 0 Å². The molecule has 2 N–H and O–H groups in total. The van der Waals surface area contributed by atoms with Crippen molar-refractivity contribution in [2.24, 2.45) is 0 Å². The third kappa shape index (κ3) is 3.00. The number of hydrogen-bond acceptors (Lipinski definition) is 1. The fourth-order valence-electron chi connectivity index (χ4n) is 4.23. The van der Waals surface area contributed by atoms with E-state index >= 15 is 0 Å². The average Bonchev–Trinajstić information content (AvgIpc) is 3.30. The maximum absolute atomic E-state index is 13.7. The maximum atomic E-state index is 13.7. The quantitative estimate of drug-likeness (QED) is 0.700. The molecule has 0 bridgehead atoms. The summed E-state index contributed by atoms with van der Waals surface area (Å²) >= 11 is 0. The third-order valence-electron chi connectivity index (χ3n) is 5.62. The van der Waals surface area contributed by atoms with E-state index in [1.807, 2.05) is 24.4 Å². The van der Waals surface area contributed by atoms with E-state index in [2.05, 4.69) is 22.4 Å². The summed E-state index contributed by atoms with van der Waals surface area (Å²) in [6.07, 6.45) is 6.37. The van der Waals surface area contributed by atoms with Gasteiger partial charge in [0.05, 0.1) is 5.41 Å². The first-order valence-corrected chi connectivity index (χ1v) is 9.28. The number of aromatic amines is 1. The van der Waals surface area contributed by atoms with Crippen LogP contribution >= 0.6 is 0 Å². The minimum atomic E-state index is -0.581. The molecule has 3 aromatic rings. The fourth-order valence-corrected chi connectivity index (χ4v) is 4.23. The lowest BCUT2D eigenvalue weighted by Crippen LogP contribution is -2.43. The Kier molecular flexibility index (Phi) is 4.49. The van der Waals surface area contributed by atoms with Crippen molar-refractivity contribution in [3.05, 3.63) is 71.7 Å². The topological polar surface area (TPSA) is 44.9 Å². The van der Waals surface area contributed by atoms with Crippen molar-refractivity contribution in [1.29, 1.82) is 0 Å². The van der Waals surface area contributed by atoms with Gasteiger partial charge < -0.3 is 10.3 Å². The molecule has 0 aliphatic heterocycles. The van der Waals surface area contributed by atoms with Crippen LogP contribution in [-0.4, -0.2) is 17.4 Å². The Balaban J connectivity index is 1.47. The van der Waals surface area contributed by atoms with E-state index in [9.17, 15) is 9.18 Å². The van der Waals surface area contributed by atoms with Gasteiger partial charge in [0.15, 0.2) is 0 Å². The highest BCUT2D eigenvalue weighted by Gasteiger charge is 2.42. The number of carbonyl (C=O) groups excluding carboxylic acids is 1. The molecule has 1 aliphatic rings. The van der Waals surface area contributed by atoms with Crippen molar-refractivity contribution in [2.75, 3.05) is 6.54 Å². The SMILES string of the molecule is O=C(NCCc1c[nH]c2ccccc12)C1(c2cccc(F)c2)CCCC1. The molecule has 26 heavy (non-hydrogen) atoms. The molecule has 0 spiro atoms. The summed E-state index contributed by atoms with van der Waals surface area (Å²) in [5.74, 6) is -0.249. The van der Waals surface area contributed by atoms with Gasteiger partial charge in [0.2, 0.25) is 5.91 Å². The number of nitrogens with one attached hydrogen (secondary N) is 2. The zero-order valence-corrected chi connectivity index (χ0v) is 14.7. The minimum Gasteiger partial charge on any atom is -0.361 e. The number of para-hydroxylation sites is 1. The van der Waals surface area contributed by atoms with Crippen LogP contribution in [0.3, 0.4) is 0 Å². The van der Waals surface area contributed by atoms with E-state index in [0.29, 0.717) is 6.54 Å². The van der Waals surface area contributed by atoms with Gasteiger partial charge in [-0.2, -0.15) is 0 Å². The van der Waals surface area contributed by atoms with Gasteiger partial charge in [0, 0.05) is 23.6 Å². The Morgan fingerprint density at radius 1 is 1.12 bits per heavy atom. The number of rotatable bonds is 5. The molecular formula is C22H23FN2O. The standard InChI is InChI=1S/C22H23FN2O/c23-18-7-5-6-17(14-18)22(11-3-4-12-22)21(26)24-13-10-16-15-25-20-9-2-1-8-19(16)20/h1-2,5-9,14-15,25H,3-4,10-13H2,(H,24,26). The number of aromatic nitrogens is 1. The van der Waals surface area contributed by atoms with Crippen LogP contribution in [-0.2, 0) is 16.6 Å². The van der Waals surface area contributed by atoms with Crippen LogP contribution in [0.25, 0.3) is 10.9 Å². The molecule has 1 aliphatic carbocycles. The molecular weight excluding hydrogens is 327 g/mol.